The van der Waals surface area contributed by atoms with E-state index in [1.54, 1.807) is 18.2 Å². The molecule has 3 aromatic heterocycles. The molecule has 1 atom stereocenters. The van der Waals surface area contributed by atoms with Crippen LogP contribution in [-0.4, -0.2) is 26.2 Å². The van der Waals surface area contributed by atoms with Crippen LogP contribution in [-0.2, 0) is 11.0 Å². The Morgan fingerprint density at radius 2 is 2.00 bits per heavy atom. The lowest BCUT2D eigenvalue weighted by molar-refractivity contribution is -0.137. The van der Waals surface area contributed by atoms with Crippen molar-refractivity contribution in [2.75, 3.05) is 5.32 Å². The molecule has 1 fully saturated rings. The molecule has 1 aliphatic carbocycles. The van der Waals surface area contributed by atoms with Gasteiger partial charge in [-0.25, -0.2) is 13.8 Å². The molecule has 0 spiro atoms. The van der Waals surface area contributed by atoms with Crippen molar-refractivity contribution in [3.63, 3.8) is 0 Å². The highest BCUT2D eigenvalue weighted by molar-refractivity contribution is 5.97. The lowest BCUT2D eigenvalue weighted by atomic mass is 10.2. The van der Waals surface area contributed by atoms with Crippen LogP contribution in [0.5, 0.6) is 0 Å². The van der Waals surface area contributed by atoms with E-state index in [2.05, 4.69) is 15.3 Å². The Morgan fingerprint density at radius 3 is 2.67 bits per heavy atom. The van der Waals surface area contributed by atoms with Crippen molar-refractivity contribution in [2.45, 2.75) is 18.5 Å². The van der Waals surface area contributed by atoms with E-state index < -0.39 is 35.9 Å². The number of hydrogen-bond acceptors (Lipinski definition) is 3. The number of hydrogen-bond donors (Lipinski definition) is 1. The Morgan fingerprint density at radius 1 is 1.26 bits per heavy atom. The van der Waals surface area contributed by atoms with Crippen molar-refractivity contribution >= 4 is 17.4 Å². The Labute approximate surface area is 148 Å². The maximum absolute atomic E-state index is 13.1. The fraction of sp³-hybridized carbons (Fsp3) is 0.235. The lowest BCUT2D eigenvalue weighted by Crippen LogP contribution is -2.18. The van der Waals surface area contributed by atoms with Crippen LogP contribution in [0.4, 0.5) is 27.8 Å². The summed E-state index contributed by atoms with van der Waals surface area (Å²) >= 11 is 0. The van der Waals surface area contributed by atoms with E-state index in [4.69, 9.17) is 0 Å². The van der Waals surface area contributed by atoms with Gasteiger partial charge in [0.1, 0.15) is 17.3 Å². The number of amides is 1. The number of halogens is 5. The molecule has 3 aromatic rings. The number of alkyl halides is 5. The SMILES string of the molecule is O=C(Nc1nc2ccccn2c1-c1cc(C(F)(F)F)ccn1)C1CC1(F)F. The number of carbonyl (C=O) groups excluding carboxylic acids is 1. The van der Waals surface area contributed by atoms with Gasteiger partial charge in [-0.3, -0.25) is 14.2 Å². The summed E-state index contributed by atoms with van der Waals surface area (Å²) in [6, 6.07) is 6.46. The van der Waals surface area contributed by atoms with Gasteiger partial charge in [-0.2, -0.15) is 13.2 Å². The molecule has 0 saturated heterocycles. The third-order valence-electron chi connectivity index (χ3n) is 4.24. The number of carbonyl (C=O) groups is 1. The van der Waals surface area contributed by atoms with Crippen molar-refractivity contribution in [2.24, 2.45) is 5.92 Å². The molecule has 5 nitrogen and oxygen atoms in total. The summed E-state index contributed by atoms with van der Waals surface area (Å²) < 4.78 is 66.8. The maximum Gasteiger partial charge on any atom is 0.416 e. The number of aromatic nitrogens is 3. The van der Waals surface area contributed by atoms with Gasteiger partial charge in [0.05, 0.1) is 11.3 Å². The lowest BCUT2D eigenvalue weighted by Gasteiger charge is -2.10. The number of fused-ring (bicyclic) bond motifs is 1. The number of nitrogens with zero attached hydrogens (tertiary/aromatic N) is 3. The van der Waals surface area contributed by atoms with E-state index in [-0.39, 0.29) is 17.2 Å². The molecule has 1 aliphatic rings. The van der Waals surface area contributed by atoms with Gasteiger partial charge < -0.3 is 5.32 Å². The van der Waals surface area contributed by atoms with Crippen molar-refractivity contribution in [3.8, 4) is 11.4 Å². The Balaban J connectivity index is 1.81. The molecular formula is C17H11F5N4O. The first-order chi connectivity index (χ1) is 12.7. The number of anilines is 1. The monoisotopic (exact) mass is 382 g/mol. The largest absolute Gasteiger partial charge is 0.416 e. The molecule has 140 valence electrons. The third kappa shape index (κ3) is 3.11. The topological polar surface area (TPSA) is 59.3 Å². The maximum atomic E-state index is 13.1. The van der Waals surface area contributed by atoms with Crippen LogP contribution in [0.25, 0.3) is 17.0 Å². The molecular weight excluding hydrogens is 371 g/mol. The zero-order chi connectivity index (χ0) is 19.4. The van der Waals surface area contributed by atoms with Gasteiger partial charge in [0, 0.05) is 18.8 Å². The van der Waals surface area contributed by atoms with Crippen molar-refractivity contribution in [1.82, 2.24) is 14.4 Å². The predicted octanol–water partition coefficient (Wildman–Crippen LogP) is 4.01. The zero-order valence-electron chi connectivity index (χ0n) is 13.5. The van der Waals surface area contributed by atoms with Gasteiger partial charge in [0.15, 0.2) is 5.82 Å². The molecule has 1 N–H and O–H groups in total. The van der Waals surface area contributed by atoms with E-state index in [1.165, 1.54) is 10.6 Å². The highest BCUT2D eigenvalue weighted by Crippen LogP contribution is 2.49. The minimum Gasteiger partial charge on any atom is -0.308 e. The first kappa shape index (κ1) is 17.4. The van der Waals surface area contributed by atoms with Gasteiger partial charge in [-0.1, -0.05) is 6.07 Å². The number of rotatable bonds is 3. The second-order valence-corrected chi connectivity index (χ2v) is 6.17. The third-order valence-corrected chi connectivity index (χ3v) is 4.24. The summed E-state index contributed by atoms with van der Waals surface area (Å²) in [5.41, 5.74) is -0.621. The highest BCUT2D eigenvalue weighted by Gasteiger charge is 2.61. The van der Waals surface area contributed by atoms with Crippen LogP contribution >= 0.6 is 0 Å². The second kappa shape index (κ2) is 5.73. The van der Waals surface area contributed by atoms with Crippen LogP contribution in [0.2, 0.25) is 0 Å². The summed E-state index contributed by atoms with van der Waals surface area (Å²) in [6.45, 7) is 0. The quantitative estimate of drug-likeness (QED) is 0.697. The normalized spacial score (nSPS) is 18.5. The predicted molar refractivity (Wildman–Crippen MR) is 85.1 cm³/mol. The Bertz CT molecular complexity index is 1040. The van der Waals surface area contributed by atoms with Gasteiger partial charge in [0.25, 0.3) is 5.92 Å². The van der Waals surface area contributed by atoms with Gasteiger partial charge in [-0.05, 0) is 24.3 Å². The molecule has 1 unspecified atom stereocenters. The Kier molecular flexibility index (Phi) is 3.69. The van der Waals surface area contributed by atoms with E-state index in [9.17, 15) is 26.7 Å². The standard InChI is InChI=1S/C17H11F5N4O/c18-16(19)8-10(16)15(27)25-14-13(26-6-2-1-3-12(26)24-14)11-7-9(4-5-23-11)17(20,21)22/h1-7,10H,8H2,(H,25,27). The van der Waals surface area contributed by atoms with Crippen LogP contribution in [0.3, 0.4) is 0 Å². The molecule has 1 saturated carbocycles. The number of imidazole rings is 1. The second-order valence-electron chi connectivity index (χ2n) is 6.17. The van der Waals surface area contributed by atoms with Crippen LogP contribution in [0.1, 0.15) is 12.0 Å². The van der Waals surface area contributed by atoms with Crippen LogP contribution < -0.4 is 5.32 Å². The first-order valence-corrected chi connectivity index (χ1v) is 7.86. The van der Waals surface area contributed by atoms with E-state index >= 15 is 0 Å². The van der Waals surface area contributed by atoms with Crippen molar-refractivity contribution < 1.29 is 26.7 Å². The van der Waals surface area contributed by atoms with Crippen molar-refractivity contribution in [1.29, 1.82) is 0 Å². The Hall–Kier alpha value is -3.04. The molecule has 3 heterocycles. The molecule has 27 heavy (non-hydrogen) atoms. The highest BCUT2D eigenvalue weighted by atomic mass is 19.4. The van der Waals surface area contributed by atoms with Crippen LogP contribution in [0, 0.1) is 5.92 Å². The summed E-state index contributed by atoms with van der Waals surface area (Å²) in [6.07, 6.45) is -2.64. The van der Waals surface area contributed by atoms with E-state index in [0.29, 0.717) is 5.65 Å². The summed E-state index contributed by atoms with van der Waals surface area (Å²) in [5.74, 6) is -5.60. The fourth-order valence-electron chi connectivity index (χ4n) is 2.77. The average molecular weight is 382 g/mol. The molecule has 0 radical (unpaired) electrons. The summed E-state index contributed by atoms with van der Waals surface area (Å²) in [5, 5.41) is 2.30. The molecule has 1 amide bonds. The molecule has 0 aliphatic heterocycles. The summed E-state index contributed by atoms with van der Waals surface area (Å²) in [7, 11) is 0. The van der Waals surface area contributed by atoms with Gasteiger partial charge >= 0.3 is 6.18 Å². The van der Waals surface area contributed by atoms with E-state index in [1.807, 2.05) is 0 Å². The molecule has 10 heteroatoms. The fourth-order valence-corrected chi connectivity index (χ4v) is 2.77. The minimum absolute atomic E-state index is 0.0778. The number of pyridine rings is 2. The minimum atomic E-state index is -4.59. The van der Waals surface area contributed by atoms with Gasteiger partial charge in [0.2, 0.25) is 5.91 Å². The molecule has 0 bridgehead atoms. The smallest absolute Gasteiger partial charge is 0.308 e. The molecule has 0 aromatic carbocycles. The van der Waals surface area contributed by atoms with E-state index in [0.717, 1.165) is 18.3 Å². The summed E-state index contributed by atoms with van der Waals surface area (Å²) in [4.78, 5) is 20.1. The zero-order valence-corrected chi connectivity index (χ0v) is 13.5. The molecule has 4 rings (SSSR count). The average Bonchev–Trinajstić information content (AvgIpc) is 3.10. The first-order valence-electron chi connectivity index (χ1n) is 7.86. The van der Waals surface area contributed by atoms with Gasteiger partial charge in [-0.15, -0.1) is 0 Å². The van der Waals surface area contributed by atoms with Crippen molar-refractivity contribution in [3.05, 3.63) is 48.3 Å². The van der Waals surface area contributed by atoms with Crippen LogP contribution in [0.15, 0.2) is 42.7 Å². The number of nitrogens with one attached hydrogen (secondary N) is 1.